The van der Waals surface area contributed by atoms with Gasteiger partial charge in [0, 0.05) is 18.0 Å². The smallest absolute Gasteiger partial charge is 0.223 e. The molecule has 2 aromatic heterocycles. The lowest BCUT2D eigenvalue weighted by molar-refractivity contribution is 0.0932. The molecule has 0 fully saturated rings. The fourth-order valence-electron chi connectivity index (χ4n) is 2.61. The van der Waals surface area contributed by atoms with E-state index < -0.39 is 0 Å². The molecule has 0 spiro atoms. The van der Waals surface area contributed by atoms with Gasteiger partial charge in [0.1, 0.15) is 0 Å². The molecule has 2 aromatic rings. The predicted molar refractivity (Wildman–Crippen MR) is 84.0 cm³/mol. The number of rotatable bonds is 8. The summed E-state index contributed by atoms with van der Waals surface area (Å²) in [6.07, 6.45) is 5.53. The number of methoxy groups -OCH3 is 1. The van der Waals surface area contributed by atoms with E-state index in [0.717, 1.165) is 36.8 Å². The molecule has 0 bridgehead atoms. The van der Waals surface area contributed by atoms with E-state index in [1.54, 1.807) is 19.5 Å². The zero-order valence-corrected chi connectivity index (χ0v) is 13.0. The third-order valence-electron chi connectivity index (χ3n) is 3.50. The van der Waals surface area contributed by atoms with Gasteiger partial charge in [0.2, 0.25) is 5.88 Å². The molecule has 0 aliphatic rings. The van der Waals surface area contributed by atoms with Crippen molar-refractivity contribution in [2.45, 2.75) is 26.7 Å². The number of Topliss-reactive ketones (excluding diaryl/α,β-unsaturated/α-hetero) is 1. The van der Waals surface area contributed by atoms with Crippen LogP contribution in [0.5, 0.6) is 5.88 Å². The van der Waals surface area contributed by atoms with Crippen molar-refractivity contribution in [3.8, 4) is 5.88 Å². The van der Waals surface area contributed by atoms with Gasteiger partial charge < -0.3 is 9.72 Å². The van der Waals surface area contributed by atoms with Gasteiger partial charge in [0.05, 0.1) is 24.6 Å². The molecule has 5 nitrogen and oxygen atoms in total. The summed E-state index contributed by atoms with van der Waals surface area (Å²) in [5.74, 6) is 0.601. The molecule has 21 heavy (non-hydrogen) atoms. The number of fused-ring (bicyclic) bond motifs is 1. The Hall–Kier alpha value is -1.88. The first-order valence-corrected chi connectivity index (χ1v) is 7.46. The lowest BCUT2D eigenvalue weighted by Crippen LogP contribution is -2.31. The Morgan fingerprint density at radius 2 is 2.05 bits per heavy atom. The third-order valence-corrected chi connectivity index (χ3v) is 3.50. The number of hydrogen-bond donors (Lipinski definition) is 1. The van der Waals surface area contributed by atoms with E-state index in [1.807, 2.05) is 6.07 Å². The molecule has 0 aliphatic carbocycles. The lowest BCUT2D eigenvalue weighted by atomic mass is 10.1. The van der Waals surface area contributed by atoms with Crippen LogP contribution in [-0.2, 0) is 0 Å². The molecular weight excluding hydrogens is 266 g/mol. The van der Waals surface area contributed by atoms with Gasteiger partial charge in [-0.25, -0.2) is 4.98 Å². The number of pyridine rings is 1. The highest BCUT2D eigenvalue weighted by Gasteiger charge is 2.18. The number of aromatic amines is 1. The fraction of sp³-hybridized carbons (Fsp3) is 0.500. The standard InChI is InChI=1S/C16H23N3O2/c1-4-8-19(9-5-2)11-14(20)12-10-18-13-6-7-17-16(21-3)15(12)13/h6-7,10,18H,4-5,8-9,11H2,1-3H3. The number of hydrogen-bond acceptors (Lipinski definition) is 4. The molecule has 114 valence electrons. The highest BCUT2D eigenvalue weighted by atomic mass is 16.5. The first kappa shape index (κ1) is 15.5. The normalized spacial score (nSPS) is 11.2. The van der Waals surface area contributed by atoms with E-state index in [9.17, 15) is 4.79 Å². The summed E-state index contributed by atoms with van der Waals surface area (Å²) in [5.41, 5.74) is 1.54. The largest absolute Gasteiger partial charge is 0.480 e. The average molecular weight is 289 g/mol. The zero-order valence-electron chi connectivity index (χ0n) is 13.0. The van der Waals surface area contributed by atoms with Crippen molar-refractivity contribution in [2.24, 2.45) is 0 Å². The molecule has 0 unspecified atom stereocenters. The summed E-state index contributed by atoms with van der Waals surface area (Å²) < 4.78 is 5.28. The maximum Gasteiger partial charge on any atom is 0.223 e. The van der Waals surface area contributed by atoms with Crippen LogP contribution < -0.4 is 4.74 Å². The van der Waals surface area contributed by atoms with Crippen molar-refractivity contribution < 1.29 is 9.53 Å². The predicted octanol–water partition coefficient (Wildman–Crippen LogP) is 2.88. The first-order chi connectivity index (χ1) is 10.2. The second-order valence-corrected chi connectivity index (χ2v) is 5.14. The number of carbonyl (C=O) groups excluding carboxylic acids is 1. The Bertz CT molecular complexity index is 601. The number of ether oxygens (including phenoxy) is 1. The van der Waals surface area contributed by atoms with Crippen molar-refractivity contribution in [3.63, 3.8) is 0 Å². The molecule has 0 atom stereocenters. The van der Waals surface area contributed by atoms with E-state index >= 15 is 0 Å². The molecule has 0 aliphatic heterocycles. The molecule has 0 saturated heterocycles. The molecule has 1 N–H and O–H groups in total. The van der Waals surface area contributed by atoms with Gasteiger partial charge in [0.15, 0.2) is 5.78 Å². The zero-order chi connectivity index (χ0) is 15.2. The van der Waals surface area contributed by atoms with Gasteiger partial charge >= 0.3 is 0 Å². The number of H-pyrrole nitrogens is 1. The quantitative estimate of drug-likeness (QED) is 0.759. The van der Waals surface area contributed by atoms with Gasteiger partial charge in [-0.1, -0.05) is 13.8 Å². The summed E-state index contributed by atoms with van der Waals surface area (Å²) in [6.45, 7) is 6.58. The molecule has 0 aromatic carbocycles. The molecule has 0 amide bonds. The highest BCUT2D eigenvalue weighted by Crippen LogP contribution is 2.26. The van der Waals surface area contributed by atoms with Gasteiger partial charge in [-0.2, -0.15) is 0 Å². The van der Waals surface area contributed by atoms with Crippen LogP contribution >= 0.6 is 0 Å². The minimum atomic E-state index is 0.106. The maximum absolute atomic E-state index is 12.6. The summed E-state index contributed by atoms with van der Waals surface area (Å²) in [5, 5.41) is 0.776. The minimum Gasteiger partial charge on any atom is -0.480 e. The van der Waals surface area contributed by atoms with Crippen molar-refractivity contribution in [2.75, 3.05) is 26.7 Å². The van der Waals surface area contributed by atoms with E-state index in [-0.39, 0.29) is 5.78 Å². The van der Waals surface area contributed by atoms with E-state index in [4.69, 9.17) is 4.74 Å². The van der Waals surface area contributed by atoms with Crippen LogP contribution in [-0.4, -0.2) is 47.4 Å². The minimum absolute atomic E-state index is 0.106. The van der Waals surface area contributed by atoms with Crippen LogP contribution in [0.15, 0.2) is 18.5 Å². The Labute approximate surface area is 125 Å². The van der Waals surface area contributed by atoms with Gasteiger partial charge in [0.25, 0.3) is 0 Å². The lowest BCUT2D eigenvalue weighted by Gasteiger charge is -2.19. The second-order valence-electron chi connectivity index (χ2n) is 5.14. The van der Waals surface area contributed by atoms with E-state index in [1.165, 1.54) is 0 Å². The maximum atomic E-state index is 12.6. The second kappa shape index (κ2) is 7.22. The van der Waals surface area contributed by atoms with Gasteiger partial charge in [-0.05, 0) is 32.0 Å². The van der Waals surface area contributed by atoms with Crippen LogP contribution in [0.25, 0.3) is 10.9 Å². The summed E-state index contributed by atoms with van der Waals surface area (Å²) >= 11 is 0. The van der Waals surface area contributed by atoms with Crippen molar-refractivity contribution in [1.29, 1.82) is 0 Å². The van der Waals surface area contributed by atoms with Crippen molar-refractivity contribution >= 4 is 16.7 Å². The van der Waals surface area contributed by atoms with Gasteiger partial charge in [-0.15, -0.1) is 0 Å². The van der Waals surface area contributed by atoms with Crippen molar-refractivity contribution in [1.82, 2.24) is 14.9 Å². The number of aromatic nitrogens is 2. The molecule has 2 heterocycles. The van der Waals surface area contributed by atoms with Crippen LogP contribution in [0.3, 0.4) is 0 Å². The van der Waals surface area contributed by atoms with E-state index in [2.05, 4.69) is 28.7 Å². The average Bonchev–Trinajstić information content (AvgIpc) is 2.91. The summed E-state index contributed by atoms with van der Waals surface area (Å²) in [4.78, 5) is 22.1. The summed E-state index contributed by atoms with van der Waals surface area (Å²) in [7, 11) is 1.57. The number of ketones is 1. The van der Waals surface area contributed by atoms with Crippen LogP contribution in [0.1, 0.15) is 37.0 Å². The van der Waals surface area contributed by atoms with Crippen LogP contribution in [0.2, 0.25) is 0 Å². The molecular formula is C16H23N3O2. The van der Waals surface area contributed by atoms with E-state index in [0.29, 0.717) is 18.0 Å². The number of carbonyl (C=O) groups is 1. The number of nitrogens with one attached hydrogen (secondary N) is 1. The van der Waals surface area contributed by atoms with Gasteiger partial charge in [-0.3, -0.25) is 9.69 Å². The molecule has 5 heteroatoms. The molecule has 2 rings (SSSR count). The Balaban J connectivity index is 2.26. The van der Waals surface area contributed by atoms with Crippen LogP contribution in [0.4, 0.5) is 0 Å². The first-order valence-electron chi connectivity index (χ1n) is 7.46. The molecule has 0 saturated carbocycles. The summed E-state index contributed by atoms with van der Waals surface area (Å²) in [6, 6.07) is 1.85. The Morgan fingerprint density at radius 3 is 2.67 bits per heavy atom. The topological polar surface area (TPSA) is 58.2 Å². The Kier molecular flexibility index (Phi) is 5.33. The fourth-order valence-corrected chi connectivity index (χ4v) is 2.61. The van der Waals surface area contributed by atoms with Crippen LogP contribution in [0, 0.1) is 0 Å². The third kappa shape index (κ3) is 3.42. The Morgan fingerprint density at radius 1 is 1.33 bits per heavy atom. The van der Waals surface area contributed by atoms with Crippen molar-refractivity contribution in [3.05, 3.63) is 24.0 Å². The number of nitrogens with zero attached hydrogens (tertiary/aromatic N) is 2. The highest BCUT2D eigenvalue weighted by molar-refractivity contribution is 6.10. The molecule has 0 radical (unpaired) electrons. The monoisotopic (exact) mass is 289 g/mol. The SMILES string of the molecule is CCCN(CCC)CC(=O)c1c[nH]c2ccnc(OC)c12.